The maximum atomic E-state index is 5.46. The summed E-state index contributed by atoms with van der Waals surface area (Å²) in [4.78, 5) is 0.778. The Bertz CT molecular complexity index is 759. The summed E-state index contributed by atoms with van der Waals surface area (Å²) in [5.41, 5.74) is 7.29. The average molecular weight is 290 g/mol. The molecule has 0 radical (unpaired) electrons. The molecule has 0 saturated heterocycles. The number of aryl methyl sites for hydroxylation is 1. The molecule has 96 valence electrons. The third-order valence-corrected chi connectivity index (χ3v) is 3.57. The van der Waals surface area contributed by atoms with Crippen LogP contribution in [0.15, 0.2) is 24.3 Å². The van der Waals surface area contributed by atoms with Crippen LogP contribution in [0.2, 0.25) is 0 Å². The van der Waals surface area contributed by atoms with Gasteiger partial charge in [-0.25, -0.2) is 0 Å². The lowest BCUT2D eigenvalue weighted by molar-refractivity contribution is 0.898. The van der Waals surface area contributed by atoms with E-state index in [4.69, 9.17) is 18.0 Å². The van der Waals surface area contributed by atoms with Crippen molar-refractivity contribution in [2.24, 2.45) is 5.73 Å². The van der Waals surface area contributed by atoms with Gasteiger partial charge < -0.3 is 11.1 Å². The van der Waals surface area contributed by atoms with Crippen molar-refractivity contribution < 1.29 is 0 Å². The molecule has 0 aliphatic rings. The molecule has 0 spiro atoms. The molecule has 0 fully saturated rings. The molecule has 0 atom stereocenters. The highest BCUT2D eigenvalue weighted by atomic mass is 32.1. The van der Waals surface area contributed by atoms with Gasteiger partial charge in [0.05, 0.1) is 0 Å². The summed E-state index contributed by atoms with van der Waals surface area (Å²) in [5.74, 6) is 0.773. The highest BCUT2D eigenvalue weighted by Gasteiger charge is 2.10. The van der Waals surface area contributed by atoms with Crippen LogP contribution in [0.3, 0.4) is 0 Å². The molecule has 0 aliphatic heterocycles. The normalized spacial score (nSPS) is 10.8. The fourth-order valence-electron chi connectivity index (χ4n) is 1.70. The molecular formula is C11H10N6S2. The Hall–Kier alpha value is -2.06. The van der Waals surface area contributed by atoms with E-state index in [1.165, 1.54) is 11.3 Å². The van der Waals surface area contributed by atoms with Crippen LogP contribution in [0.4, 0.5) is 5.69 Å². The molecule has 0 amide bonds. The predicted octanol–water partition coefficient (Wildman–Crippen LogP) is 1.82. The number of fused-ring (bicyclic) bond motifs is 1. The minimum absolute atomic E-state index is 0.242. The summed E-state index contributed by atoms with van der Waals surface area (Å²) >= 11 is 6.31. The van der Waals surface area contributed by atoms with E-state index in [0.717, 1.165) is 27.0 Å². The van der Waals surface area contributed by atoms with Gasteiger partial charge in [0.1, 0.15) is 5.01 Å². The van der Waals surface area contributed by atoms with Crippen LogP contribution < -0.4 is 11.1 Å². The van der Waals surface area contributed by atoms with Crippen LogP contribution in [0.25, 0.3) is 15.5 Å². The summed E-state index contributed by atoms with van der Waals surface area (Å²) in [5, 5.41) is 16.5. The number of nitrogens with zero attached hydrogens (tertiary/aromatic N) is 4. The van der Waals surface area contributed by atoms with Gasteiger partial charge in [-0.05, 0) is 31.3 Å². The number of benzene rings is 1. The Balaban J connectivity index is 2.03. The molecule has 0 bridgehead atoms. The molecule has 19 heavy (non-hydrogen) atoms. The molecule has 8 heteroatoms. The second kappa shape index (κ2) is 4.56. The Labute approximate surface area is 118 Å². The quantitative estimate of drug-likeness (QED) is 0.701. The summed E-state index contributed by atoms with van der Waals surface area (Å²) < 4.78 is 1.73. The molecule has 2 aromatic heterocycles. The molecule has 2 heterocycles. The van der Waals surface area contributed by atoms with Crippen LogP contribution in [0, 0.1) is 6.92 Å². The van der Waals surface area contributed by atoms with Gasteiger partial charge >= 0.3 is 0 Å². The zero-order chi connectivity index (χ0) is 13.4. The van der Waals surface area contributed by atoms with E-state index in [1.54, 1.807) is 4.52 Å². The summed E-state index contributed by atoms with van der Waals surface area (Å²) in [7, 11) is 0. The topological polar surface area (TPSA) is 81.1 Å². The zero-order valence-corrected chi connectivity index (χ0v) is 11.6. The van der Waals surface area contributed by atoms with E-state index < -0.39 is 0 Å². The fourth-order valence-corrected chi connectivity index (χ4v) is 2.70. The number of thiocarbonyl (C=S) groups is 1. The first-order valence-corrected chi connectivity index (χ1v) is 6.72. The summed E-state index contributed by atoms with van der Waals surface area (Å²) in [6.45, 7) is 1.87. The van der Waals surface area contributed by atoms with Gasteiger partial charge in [0, 0.05) is 11.3 Å². The van der Waals surface area contributed by atoms with Crippen LogP contribution >= 0.6 is 23.6 Å². The van der Waals surface area contributed by atoms with E-state index in [-0.39, 0.29) is 5.11 Å². The summed E-state index contributed by atoms with van der Waals surface area (Å²) in [6.07, 6.45) is 0. The number of nitrogens with one attached hydrogen (secondary N) is 1. The number of nitrogens with two attached hydrogens (primary N) is 1. The third kappa shape index (κ3) is 2.27. The molecule has 0 aliphatic carbocycles. The van der Waals surface area contributed by atoms with Crippen LogP contribution in [0.1, 0.15) is 5.82 Å². The summed E-state index contributed by atoms with van der Waals surface area (Å²) in [6, 6.07) is 7.74. The van der Waals surface area contributed by atoms with E-state index >= 15 is 0 Å². The van der Waals surface area contributed by atoms with Crippen molar-refractivity contribution in [2.75, 3.05) is 5.32 Å². The number of aromatic nitrogens is 4. The molecule has 3 aromatic rings. The van der Waals surface area contributed by atoms with Crippen LogP contribution in [0.5, 0.6) is 0 Å². The first-order chi connectivity index (χ1) is 9.13. The molecule has 3 rings (SSSR count). The monoisotopic (exact) mass is 290 g/mol. The van der Waals surface area contributed by atoms with E-state index in [2.05, 4.69) is 20.6 Å². The van der Waals surface area contributed by atoms with Crippen molar-refractivity contribution in [2.45, 2.75) is 6.92 Å². The van der Waals surface area contributed by atoms with Crippen LogP contribution in [-0.2, 0) is 0 Å². The van der Waals surface area contributed by atoms with Gasteiger partial charge in [-0.2, -0.15) is 9.61 Å². The highest BCUT2D eigenvalue weighted by Crippen LogP contribution is 2.27. The van der Waals surface area contributed by atoms with Crippen molar-refractivity contribution in [3.63, 3.8) is 0 Å². The maximum Gasteiger partial charge on any atom is 0.234 e. The minimum Gasteiger partial charge on any atom is -0.376 e. The first kappa shape index (κ1) is 12.0. The van der Waals surface area contributed by atoms with Crippen molar-refractivity contribution in [1.82, 2.24) is 19.8 Å². The van der Waals surface area contributed by atoms with Gasteiger partial charge in [0.2, 0.25) is 4.96 Å². The molecule has 1 aromatic carbocycles. The largest absolute Gasteiger partial charge is 0.376 e. The fraction of sp³-hybridized carbons (Fsp3) is 0.0909. The van der Waals surface area contributed by atoms with E-state index in [0.29, 0.717) is 0 Å². The van der Waals surface area contributed by atoms with Crippen molar-refractivity contribution >= 4 is 39.3 Å². The molecule has 0 unspecified atom stereocenters. The minimum atomic E-state index is 0.242. The Morgan fingerprint density at radius 3 is 3.00 bits per heavy atom. The van der Waals surface area contributed by atoms with E-state index in [9.17, 15) is 0 Å². The number of rotatable bonds is 2. The standard InChI is InChI=1S/C11H10N6S2/c1-6-14-15-11-17(6)16-9(19-11)7-3-2-4-8(5-7)13-10(12)18/h2-5H,1H3,(H3,12,13,18). The van der Waals surface area contributed by atoms with Gasteiger partial charge in [-0.15, -0.1) is 10.2 Å². The third-order valence-electron chi connectivity index (χ3n) is 2.52. The molecule has 0 saturated carbocycles. The molecule has 6 nitrogen and oxygen atoms in total. The lowest BCUT2D eigenvalue weighted by atomic mass is 10.2. The Morgan fingerprint density at radius 2 is 2.26 bits per heavy atom. The Kier molecular flexibility index (Phi) is 2.88. The van der Waals surface area contributed by atoms with Crippen molar-refractivity contribution in [3.8, 4) is 10.6 Å². The van der Waals surface area contributed by atoms with Crippen molar-refractivity contribution in [1.29, 1.82) is 0 Å². The number of hydrogen-bond donors (Lipinski definition) is 2. The second-order valence-electron chi connectivity index (χ2n) is 3.92. The van der Waals surface area contributed by atoms with Crippen LogP contribution in [-0.4, -0.2) is 24.9 Å². The predicted molar refractivity (Wildman–Crippen MR) is 79.2 cm³/mol. The van der Waals surface area contributed by atoms with Gasteiger partial charge in [-0.3, -0.25) is 0 Å². The lowest BCUT2D eigenvalue weighted by Gasteiger charge is -2.04. The molecular weight excluding hydrogens is 280 g/mol. The van der Waals surface area contributed by atoms with Crippen molar-refractivity contribution in [3.05, 3.63) is 30.1 Å². The number of hydrogen-bond acceptors (Lipinski definition) is 5. The smallest absolute Gasteiger partial charge is 0.234 e. The second-order valence-corrected chi connectivity index (χ2v) is 5.31. The highest BCUT2D eigenvalue weighted by molar-refractivity contribution is 7.80. The van der Waals surface area contributed by atoms with E-state index in [1.807, 2.05) is 31.2 Å². The zero-order valence-electron chi connectivity index (χ0n) is 9.99. The van der Waals surface area contributed by atoms with Gasteiger partial charge in [0.15, 0.2) is 10.9 Å². The Morgan fingerprint density at radius 1 is 1.42 bits per heavy atom. The first-order valence-electron chi connectivity index (χ1n) is 5.49. The lowest BCUT2D eigenvalue weighted by Crippen LogP contribution is -2.18. The maximum absolute atomic E-state index is 5.46. The molecule has 3 N–H and O–H groups in total. The number of anilines is 1. The average Bonchev–Trinajstić information content (AvgIpc) is 2.92. The van der Waals surface area contributed by atoms with Gasteiger partial charge in [0.25, 0.3) is 0 Å². The van der Waals surface area contributed by atoms with Gasteiger partial charge in [-0.1, -0.05) is 23.5 Å². The SMILES string of the molecule is Cc1nnc2sc(-c3cccc(NC(N)=S)c3)nn12.